The smallest absolute Gasteiger partial charge is 0.338 e. The molecule has 0 unspecified atom stereocenters. The van der Waals surface area contributed by atoms with Crippen molar-refractivity contribution >= 4 is 12.0 Å². The van der Waals surface area contributed by atoms with Crippen LogP contribution in [0.4, 0.5) is 4.79 Å². The third-order valence-corrected chi connectivity index (χ3v) is 4.00. The number of carbonyl (C=O) groups is 2. The molecule has 0 spiro atoms. The maximum Gasteiger partial charge on any atom is 0.338 e. The van der Waals surface area contributed by atoms with E-state index in [-0.39, 0.29) is 6.03 Å². The first-order chi connectivity index (χ1) is 12.1. The van der Waals surface area contributed by atoms with E-state index in [0.29, 0.717) is 30.2 Å². The highest BCUT2D eigenvalue weighted by Crippen LogP contribution is 2.33. The first-order valence-electron chi connectivity index (χ1n) is 8.75. The van der Waals surface area contributed by atoms with E-state index in [1.54, 1.807) is 6.92 Å². The normalized spacial score (nSPS) is 16.9. The Hall–Kier alpha value is -2.50. The third-order valence-electron chi connectivity index (χ3n) is 4.00. The molecule has 1 aliphatic heterocycles. The third kappa shape index (κ3) is 4.75. The lowest BCUT2D eigenvalue weighted by Gasteiger charge is -2.29. The second-order valence-corrected chi connectivity index (χ2v) is 5.88. The van der Waals surface area contributed by atoms with Gasteiger partial charge < -0.3 is 20.1 Å². The Labute approximate surface area is 148 Å². The van der Waals surface area contributed by atoms with Crippen LogP contribution >= 0.6 is 0 Å². The number of hydrogen-bond donors (Lipinski definition) is 2. The fourth-order valence-electron chi connectivity index (χ4n) is 2.80. The van der Waals surface area contributed by atoms with Gasteiger partial charge in [-0.2, -0.15) is 0 Å². The Balaban J connectivity index is 2.29. The summed E-state index contributed by atoms with van der Waals surface area (Å²) >= 11 is 0. The van der Waals surface area contributed by atoms with Crippen LogP contribution in [0.25, 0.3) is 0 Å². The summed E-state index contributed by atoms with van der Waals surface area (Å²) in [7, 11) is 0. The summed E-state index contributed by atoms with van der Waals surface area (Å²) in [5.41, 5.74) is 1.64. The number of allylic oxidation sites excluding steroid dienone is 1. The van der Waals surface area contributed by atoms with Crippen molar-refractivity contribution in [2.75, 3.05) is 13.2 Å². The minimum Gasteiger partial charge on any atom is -0.494 e. The van der Waals surface area contributed by atoms with E-state index in [4.69, 9.17) is 9.47 Å². The van der Waals surface area contributed by atoms with E-state index < -0.39 is 12.0 Å². The number of benzene rings is 1. The molecule has 136 valence electrons. The van der Waals surface area contributed by atoms with Crippen LogP contribution in [0.2, 0.25) is 0 Å². The molecule has 1 atom stereocenters. The topological polar surface area (TPSA) is 76.7 Å². The molecule has 0 fully saturated rings. The van der Waals surface area contributed by atoms with Gasteiger partial charge in [-0.25, -0.2) is 9.59 Å². The zero-order valence-corrected chi connectivity index (χ0v) is 15.1. The molecule has 6 heteroatoms. The van der Waals surface area contributed by atoms with Crippen LogP contribution in [-0.4, -0.2) is 25.2 Å². The van der Waals surface area contributed by atoms with Gasteiger partial charge in [0.15, 0.2) is 0 Å². The van der Waals surface area contributed by atoms with Gasteiger partial charge in [0.05, 0.1) is 24.8 Å². The van der Waals surface area contributed by atoms with Crippen molar-refractivity contribution in [3.05, 3.63) is 41.1 Å². The lowest BCUT2D eigenvalue weighted by Crippen LogP contribution is -2.45. The van der Waals surface area contributed by atoms with Gasteiger partial charge in [-0.1, -0.05) is 38.0 Å². The number of urea groups is 1. The van der Waals surface area contributed by atoms with Crippen LogP contribution in [0, 0.1) is 0 Å². The quantitative estimate of drug-likeness (QED) is 0.558. The molecule has 1 aromatic carbocycles. The largest absolute Gasteiger partial charge is 0.494 e. The molecule has 2 rings (SSSR count). The van der Waals surface area contributed by atoms with Crippen molar-refractivity contribution in [2.45, 2.75) is 46.1 Å². The standard InChI is InChI=1S/C19H26N2O4/c1-4-6-9-12-25-18(22)16-13(3)20-19(23)21-17(16)14-10-7-8-11-15(14)24-5-2/h7-8,10-11,17H,4-6,9,12H2,1-3H3,(H2,20,21,23)/t17-/m0/s1. The van der Waals surface area contributed by atoms with E-state index in [1.165, 1.54) is 0 Å². The molecule has 25 heavy (non-hydrogen) atoms. The lowest BCUT2D eigenvalue weighted by atomic mass is 9.95. The molecule has 2 amide bonds. The zero-order valence-electron chi connectivity index (χ0n) is 15.1. The summed E-state index contributed by atoms with van der Waals surface area (Å²) in [6.07, 6.45) is 2.90. The predicted octanol–water partition coefficient (Wildman–Crippen LogP) is 3.45. The summed E-state index contributed by atoms with van der Waals surface area (Å²) in [6.45, 7) is 6.56. The van der Waals surface area contributed by atoms with Crippen LogP contribution in [0.15, 0.2) is 35.5 Å². The number of carbonyl (C=O) groups excluding carboxylic acids is 2. The van der Waals surface area contributed by atoms with Gasteiger partial charge in [-0.3, -0.25) is 0 Å². The average Bonchev–Trinajstić information content (AvgIpc) is 2.58. The molecule has 1 heterocycles. The van der Waals surface area contributed by atoms with Gasteiger partial charge in [-0.15, -0.1) is 0 Å². The maximum atomic E-state index is 12.6. The van der Waals surface area contributed by atoms with Crippen molar-refractivity contribution in [1.29, 1.82) is 0 Å². The fraction of sp³-hybridized carbons (Fsp3) is 0.474. The number of hydrogen-bond acceptors (Lipinski definition) is 4. The monoisotopic (exact) mass is 346 g/mol. The lowest BCUT2D eigenvalue weighted by molar-refractivity contribution is -0.139. The average molecular weight is 346 g/mol. The number of para-hydroxylation sites is 1. The molecule has 0 saturated heterocycles. The van der Waals surface area contributed by atoms with Crippen LogP contribution in [0.3, 0.4) is 0 Å². The van der Waals surface area contributed by atoms with Crippen molar-refractivity contribution in [2.24, 2.45) is 0 Å². The predicted molar refractivity (Wildman–Crippen MR) is 95.2 cm³/mol. The molecule has 0 aliphatic carbocycles. The summed E-state index contributed by atoms with van der Waals surface area (Å²) in [5.74, 6) is 0.221. The molecule has 0 aromatic heterocycles. The van der Waals surface area contributed by atoms with E-state index in [9.17, 15) is 9.59 Å². The number of rotatable bonds is 8. The van der Waals surface area contributed by atoms with Crippen molar-refractivity contribution < 1.29 is 19.1 Å². The van der Waals surface area contributed by atoms with Gasteiger partial charge >= 0.3 is 12.0 Å². The molecule has 6 nitrogen and oxygen atoms in total. The summed E-state index contributed by atoms with van der Waals surface area (Å²) in [5, 5.41) is 5.46. The van der Waals surface area contributed by atoms with Gasteiger partial charge in [0.25, 0.3) is 0 Å². The Morgan fingerprint density at radius 3 is 2.68 bits per heavy atom. The first-order valence-corrected chi connectivity index (χ1v) is 8.75. The van der Waals surface area contributed by atoms with E-state index in [2.05, 4.69) is 17.6 Å². The van der Waals surface area contributed by atoms with E-state index in [0.717, 1.165) is 24.8 Å². The second kappa shape index (κ2) is 9.11. The van der Waals surface area contributed by atoms with Gasteiger partial charge in [-0.05, 0) is 26.3 Å². The molecule has 0 saturated carbocycles. The number of amides is 2. The summed E-state index contributed by atoms with van der Waals surface area (Å²) < 4.78 is 11.1. The van der Waals surface area contributed by atoms with E-state index in [1.807, 2.05) is 31.2 Å². The minimum atomic E-state index is -0.602. The number of unbranched alkanes of at least 4 members (excludes halogenated alkanes) is 2. The molecular weight excluding hydrogens is 320 g/mol. The number of ether oxygens (including phenoxy) is 2. The SMILES string of the molecule is CCCCCOC(=O)C1=C(C)NC(=O)N[C@H]1c1ccccc1OCC. The highest BCUT2D eigenvalue weighted by Gasteiger charge is 2.33. The summed E-state index contributed by atoms with van der Waals surface area (Å²) in [6, 6.07) is 6.43. The molecule has 1 aliphatic rings. The highest BCUT2D eigenvalue weighted by atomic mass is 16.5. The fourth-order valence-corrected chi connectivity index (χ4v) is 2.80. The maximum absolute atomic E-state index is 12.6. The molecule has 1 aromatic rings. The van der Waals surface area contributed by atoms with Gasteiger partial charge in [0.2, 0.25) is 0 Å². The van der Waals surface area contributed by atoms with Gasteiger partial charge in [0.1, 0.15) is 5.75 Å². The number of esters is 1. The Kier molecular flexibility index (Phi) is 6.86. The Bertz CT molecular complexity index is 655. The van der Waals surface area contributed by atoms with Crippen molar-refractivity contribution in [3.8, 4) is 5.75 Å². The Morgan fingerprint density at radius 1 is 1.20 bits per heavy atom. The van der Waals surface area contributed by atoms with Crippen molar-refractivity contribution in [1.82, 2.24) is 10.6 Å². The van der Waals surface area contributed by atoms with Crippen molar-refractivity contribution in [3.63, 3.8) is 0 Å². The van der Waals surface area contributed by atoms with Crippen LogP contribution < -0.4 is 15.4 Å². The van der Waals surface area contributed by atoms with Crippen LogP contribution in [-0.2, 0) is 9.53 Å². The van der Waals surface area contributed by atoms with E-state index >= 15 is 0 Å². The molecule has 0 bridgehead atoms. The molecular formula is C19H26N2O4. The minimum absolute atomic E-state index is 0.351. The van der Waals surface area contributed by atoms with Crippen LogP contribution in [0.5, 0.6) is 5.75 Å². The molecule has 0 radical (unpaired) electrons. The number of nitrogens with one attached hydrogen (secondary N) is 2. The van der Waals surface area contributed by atoms with Gasteiger partial charge in [0, 0.05) is 11.3 Å². The highest BCUT2D eigenvalue weighted by molar-refractivity contribution is 5.95. The Morgan fingerprint density at radius 2 is 1.96 bits per heavy atom. The zero-order chi connectivity index (χ0) is 18.2. The summed E-state index contributed by atoms with van der Waals surface area (Å²) in [4.78, 5) is 24.6. The first kappa shape index (κ1) is 18.8. The second-order valence-electron chi connectivity index (χ2n) is 5.88. The molecule has 2 N–H and O–H groups in total. The van der Waals surface area contributed by atoms with Crippen LogP contribution in [0.1, 0.15) is 51.6 Å².